The van der Waals surface area contributed by atoms with E-state index >= 15 is 0 Å². The highest BCUT2D eigenvalue weighted by Crippen LogP contribution is 2.35. The van der Waals surface area contributed by atoms with Gasteiger partial charge in [0.05, 0.1) is 11.9 Å². The van der Waals surface area contributed by atoms with Gasteiger partial charge >= 0.3 is 6.18 Å². The summed E-state index contributed by atoms with van der Waals surface area (Å²) in [6.45, 7) is 0.137. The first-order valence-corrected chi connectivity index (χ1v) is 10.7. The Morgan fingerprint density at radius 3 is 2.71 bits per heavy atom. The molecule has 34 heavy (non-hydrogen) atoms. The molecule has 0 saturated heterocycles. The van der Waals surface area contributed by atoms with Crippen LogP contribution < -0.4 is 14.9 Å². The van der Waals surface area contributed by atoms with Crippen LogP contribution in [0, 0.1) is 0 Å². The Bertz CT molecular complexity index is 1380. The van der Waals surface area contributed by atoms with E-state index in [0.717, 1.165) is 17.4 Å². The zero-order chi connectivity index (χ0) is 23.7. The Kier molecular flexibility index (Phi) is 5.49. The molecule has 1 N–H and O–H groups in total. The maximum atomic E-state index is 13.6. The van der Waals surface area contributed by atoms with Crippen molar-refractivity contribution in [2.24, 2.45) is 5.10 Å². The smallest absolute Gasteiger partial charge is 0.433 e. The van der Waals surface area contributed by atoms with Gasteiger partial charge < -0.3 is 9.47 Å². The van der Waals surface area contributed by atoms with E-state index in [1.165, 1.54) is 11.6 Å². The Morgan fingerprint density at radius 2 is 1.91 bits per heavy atom. The molecule has 0 aliphatic carbocycles. The molecule has 0 spiro atoms. The van der Waals surface area contributed by atoms with Crippen molar-refractivity contribution in [3.8, 4) is 27.9 Å². The number of halogens is 3. The molecule has 4 aromatic rings. The summed E-state index contributed by atoms with van der Waals surface area (Å²) in [4.78, 5) is 16.4. The molecule has 0 bridgehead atoms. The lowest BCUT2D eigenvalue weighted by atomic mass is 10.1. The minimum Gasteiger partial charge on any atom is -0.454 e. The molecule has 3 heterocycles. The van der Waals surface area contributed by atoms with E-state index in [1.807, 2.05) is 0 Å². The Morgan fingerprint density at radius 1 is 1.12 bits per heavy atom. The van der Waals surface area contributed by atoms with E-state index in [0.29, 0.717) is 27.3 Å². The average Bonchev–Trinajstić information content (AvgIpc) is 3.57. The second-order valence-electron chi connectivity index (χ2n) is 7.02. The molecular weight excluding hydrogens is 471 g/mol. The van der Waals surface area contributed by atoms with Crippen LogP contribution in [0.5, 0.6) is 11.5 Å². The third kappa shape index (κ3) is 4.35. The standard InChI is InChI=1S/C22H14F3N5O3S/c23-22(24,25)19-9-15(14-4-2-1-3-5-14)29-30(19)21-27-16(11-34-21)20(31)28-26-10-13-6-7-17-18(8-13)33-12-32-17/h1-11H,12H2,(H,28,31). The normalized spacial score (nSPS) is 12.9. The number of nitrogens with one attached hydrogen (secondary N) is 1. The van der Waals surface area contributed by atoms with Crippen molar-refractivity contribution >= 4 is 23.5 Å². The summed E-state index contributed by atoms with van der Waals surface area (Å²) in [6, 6.07) is 14.6. The van der Waals surface area contributed by atoms with Gasteiger partial charge in [0, 0.05) is 10.9 Å². The van der Waals surface area contributed by atoms with Crippen LogP contribution in [0.4, 0.5) is 13.2 Å². The zero-order valence-electron chi connectivity index (χ0n) is 17.1. The number of nitrogens with zero attached hydrogens (tertiary/aromatic N) is 4. The molecule has 1 aliphatic heterocycles. The number of benzene rings is 2. The number of ether oxygens (including phenoxy) is 2. The average molecular weight is 485 g/mol. The van der Waals surface area contributed by atoms with E-state index in [4.69, 9.17) is 9.47 Å². The summed E-state index contributed by atoms with van der Waals surface area (Å²) in [5, 5.41) is 9.19. The van der Waals surface area contributed by atoms with Crippen LogP contribution >= 0.6 is 11.3 Å². The molecule has 172 valence electrons. The molecule has 1 amide bonds. The summed E-state index contributed by atoms with van der Waals surface area (Å²) in [7, 11) is 0. The molecule has 1 aliphatic rings. The SMILES string of the molecule is O=C(NN=Cc1ccc2c(c1)OCO2)c1csc(-n2nc(-c3ccccc3)cc2C(F)(F)F)n1. The van der Waals surface area contributed by atoms with Crippen molar-refractivity contribution in [1.29, 1.82) is 0 Å². The number of hydrazone groups is 1. The number of hydrogen-bond acceptors (Lipinski definition) is 7. The minimum absolute atomic E-state index is 0.0901. The number of carbonyl (C=O) groups is 1. The molecule has 0 radical (unpaired) electrons. The predicted octanol–water partition coefficient (Wildman–Crippen LogP) is 4.51. The van der Waals surface area contributed by atoms with Crippen molar-refractivity contribution in [1.82, 2.24) is 20.2 Å². The number of fused-ring (bicyclic) bond motifs is 1. The highest BCUT2D eigenvalue weighted by molar-refractivity contribution is 7.12. The Labute approximate surface area is 194 Å². The van der Waals surface area contributed by atoms with Crippen molar-refractivity contribution in [3.63, 3.8) is 0 Å². The third-order valence-electron chi connectivity index (χ3n) is 4.75. The lowest BCUT2D eigenvalue weighted by Crippen LogP contribution is -2.18. The summed E-state index contributed by atoms with van der Waals surface area (Å²) in [5.74, 6) is 0.501. The molecule has 0 fully saturated rings. The van der Waals surface area contributed by atoms with Crippen LogP contribution in [0.3, 0.4) is 0 Å². The quantitative estimate of drug-likeness (QED) is 0.332. The molecule has 0 unspecified atom stereocenters. The Balaban J connectivity index is 1.35. The summed E-state index contributed by atoms with van der Waals surface area (Å²) in [6.07, 6.45) is -3.27. The largest absolute Gasteiger partial charge is 0.454 e. The van der Waals surface area contributed by atoms with Crippen molar-refractivity contribution in [2.45, 2.75) is 6.18 Å². The fourth-order valence-corrected chi connectivity index (χ4v) is 3.93. The van der Waals surface area contributed by atoms with Gasteiger partial charge in [-0.3, -0.25) is 4.79 Å². The number of aromatic nitrogens is 3. The molecule has 2 aromatic heterocycles. The fraction of sp³-hybridized carbons (Fsp3) is 0.0909. The predicted molar refractivity (Wildman–Crippen MR) is 117 cm³/mol. The second-order valence-corrected chi connectivity index (χ2v) is 7.85. The topological polar surface area (TPSA) is 90.6 Å². The molecular formula is C22H14F3N5O3S. The molecule has 0 atom stereocenters. The van der Waals surface area contributed by atoms with Gasteiger partial charge in [-0.1, -0.05) is 30.3 Å². The van der Waals surface area contributed by atoms with Gasteiger partial charge in [-0.15, -0.1) is 11.3 Å². The van der Waals surface area contributed by atoms with E-state index in [2.05, 4.69) is 20.6 Å². The molecule has 12 heteroatoms. The van der Waals surface area contributed by atoms with E-state index in [-0.39, 0.29) is 23.3 Å². The number of rotatable bonds is 5. The molecule has 8 nitrogen and oxygen atoms in total. The van der Waals surface area contributed by atoms with Gasteiger partial charge in [0.25, 0.3) is 5.91 Å². The van der Waals surface area contributed by atoms with Crippen LogP contribution in [0.15, 0.2) is 65.1 Å². The number of carbonyl (C=O) groups excluding carboxylic acids is 1. The van der Waals surface area contributed by atoms with Gasteiger partial charge in [-0.2, -0.15) is 23.4 Å². The number of thiazole rings is 1. The number of hydrogen-bond donors (Lipinski definition) is 1. The fourth-order valence-electron chi connectivity index (χ4n) is 3.16. The van der Waals surface area contributed by atoms with Crippen molar-refractivity contribution in [3.05, 3.63) is 76.9 Å². The second kappa shape index (κ2) is 8.63. The van der Waals surface area contributed by atoms with Gasteiger partial charge in [0.2, 0.25) is 11.9 Å². The zero-order valence-corrected chi connectivity index (χ0v) is 17.9. The number of alkyl halides is 3. The third-order valence-corrected chi connectivity index (χ3v) is 5.57. The van der Waals surface area contributed by atoms with Gasteiger partial charge in [0.1, 0.15) is 5.69 Å². The summed E-state index contributed by atoms with van der Waals surface area (Å²) in [5.41, 5.74) is 2.55. The van der Waals surface area contributed by atoms with Crippen LogP contribution in [-0.2, 0) is 6.18 Å². The van der Waals surface area contributed by atoms with Crippen LogP contribution in [0.1, 0.15) is 21.7 Å². The maximum absolute atomic E-state index is 13.6. The summed E-state index contributed by atoms with van der Waals surface area (Å²) < 4.78 is 52.1. The molecule has 2 aromatic carbocycles. The highest BCUT2D eigenvalue weighted by atomic mass is 32.1. The summed E-state index contributed by atoms with van der Waals surface area (Å²) >= 11 is 0.859. The van der Waals surface area contributed by atoms with Gasteiger partial charge in [0.15, 0.2) is 17.2 Å². The highest BCUT2D eigenvalue weighted by Gasteiger charge is 2.37. The van der Waals surface area contributed by atoms with Crippen LogP contribution in [0.25, 0.3) is 16.4 Å². The number of amides is 1. The van der Waals surface area contributed by atoms with Crippen molar-refractivity contribution in [2.75, 3.05) is 6.79 Å². The van der Waals surface area contributed by atoms with Crippen molar-refractivity contribution < 1.29 is 27.4 Å². The first kappa shape index (κ1) is 21.6. The molecule has 5 rings (SSSR count). The first-order chi connectivity index (χ1) is 16.4. The van der Waals surface area contributed by atoms with Gasteiger partial charge in [-0.05, 0) is 29.8 Å². The first-order valence-electron chi connectivity index (χ1n) is 9.80. The maximum Gasteiger partial charge on any atom is 0.433 e. The lowest BCUT2D eigenvalue weighted by Gasteiger charge is -2.06. The Hall–Kier alpha value is -4.19. The van der Waals surface area contributed by atoms with E-state index in [9.17, 15) is 18.0 Å². The minimum atomic E-state index is -4.66. The van der Waals surface area contributed by atoms with E-state index in [1.54, 1.807) is 48.5 Å². The lowest BCUT2D eigenvalue weighted by molar-refractivity contribution is -0.142. The van der Waals surface area contributed by atoms with Gasteiger partial charge in [-0.25, -0.2) is 15.1 Å². The monoisotopic (exact) mass is 485 g/mol. The molecule has 0 saturated carbocycles. The van der Waals surface area contributed by atoms with E-state index < -0.39 is 17.8 Å². The van der Waals surface area contributed by atoms with Crippen LogP contribution in [-0.4, -0.2) is 33.7 Å². The van der Waals surface area contributed by atoms with Crippen LogP contribution in [0.2, 0.25) is 0 Å².